The number of hydrogen-bond acceptors (Lipinski definition) is 4. The van der Waals surface area contributed by atoms with Gasteiger partial charge >= 0.3 is 6.61 Å². The lowest BCUT2D eigenvalue weighted by Gasteiger charge is -2.12. The number of rotatable bonds is 6. The molecule has 2 aromatic rings. The zero-order chi connectivity index (χ0) is 15.2. The van der Waals surface area contributed by atoms with Gasteiger partial charge in [0.1, 0.15) is 5.75 Å². The molecule has 0 atom stereocenters. The average molecular weight is 295 g/mol. The SMILES string of the molecule is COc1ccc(NCc2ccccc2OC(F)F)cc1O. The average Bonchev–Trinajstić information content (AvgIpc) is 2.46. The molecule has 0 aliphatic carbocycles. The molecule has 0 heterocycles. The predicted molar refractivity (Wildman–Crippen MR) is 75.1 cm³/mol. The van der Waals surface area contributed by atoms with Crippen LogP contribution in [-0.2, 0) is 6.54 Å². The molecule has 0 bridgehead atoms. The molecule has 0 aliphatic rings. The number of aromatic hydroxyl groups is 1. The van der Waals surface area contributed by atoms with Crippen molar-refractivity contribution in [1.82, 2.24) is 0 Å². The Morgan fingerprint density at radius 3 is 2.57 bits per heavy atom. The number of nitrogens with one attached hydrogen (secondary N) is 1. The van der Waals surface area contributed by atoms with Crippen LogP contribution >= 0.6 is 0 Å². The van der Waals surface area contributed by atoms with Gasteiger partial charge in [0.05, 0.1) is 7.11 Å². The number of anilines is 1. The fraction of sp³-hybridized carbons (Fsp3) is 0.200. The van der Waals surface area contributed by atoms with Crippen molar-refractivity contribution in [2.24, 2.45) is 0 Å². The van der Waals surface area contributed by atoms with Crippen molar-refractivity contribution in [2.45, 2.75) is 13.2 Å². The van der Waals surface area contributed by atoms with Gasteiger partial charge in [0.15, 0.2) is 11.5 Å². The van der Waals surface area contributed by atoms with E-state index < -0.39 is 6.61 Å². The van der Waals surface area contributed by atoms with Gasteiger partial charge in [0.25, 0.3) is 0 Å². The van der Waals surface area contributed by atoms with Crippen molar-refractivity contribution in [3.63, 3.8) is 0 Å². The van der Waals surface area contributed by atoms with Crippen LogP contribution in [0.2, 0.25) is 0 Å². The van der Waals surface area contributed by atoms with Crippen LogP contribution in [0, 0.1) is 0 Å². The van der Waals surface area contributed by atoms with Gasteiger partial charge in [-0.15, -0.1) is 0 Å². The summed E-state index contributed by atoms with van der Waals surface area (Å²) in [5.74, 6) is 0.485. The number of para-hydroxylation sites is 1. The van der Waals surface area contributed by atoms with E-state index in [1.807, 2.05) is 0 Å². The summed E-state index contributed by atoms with van der Waals surface area (Å²) in [5.41, 5.74) is 1.23. The lowest BCUT2D eigenvalue weighted by Crippen LogP contribution is -2.07. The molecule has 0 saturated carbocycles. The Morgan fingerprint density at radius 1 is 1.14 bits per heavy atom. The third-order valence-electron chi connectivity index (χ3n) is 2.85. The van der Waals surface area contributed by atoms with Gasteiger partial charge in [-0.05, 0) is 18.2 Å². The summed E-state index contributed by atoms with van der Waals surface area (Å²) in [6.07, 6.45) is 0. The molecule has 0 radical (unpaired) electrons. The van der Waals surface area contributed by atoms with Crippen molar-refractivity contribution in [3.05, 3.63) is 48.0 Å². The first-order chi connectivity index (χ1) is 10.1. The molecule has 0 aromatic heterocycles. The molecule has 112 valence electrons. The minimum atomic E-state index is -2.86. The van der Waals surface area contributed by atoms with Crippen molar-refractivity contribution >= 4 is 5.69 Å². The monoisotopic (exact) mass is 295 g/mol. The summed E-state index contributed by atoms with van der Waals surface area (Å²) in [4.78, 5) is 0. The second-order valence-corrected chi connectivity index (χ2v) is 4.23. The van der Waals surface area contributed by atoms with Crippen LogP contribution < -0.4 is 14.8 Å². The summed E-state index contributed by atoms with van der Waals surface area (Å²) in [6.45, 7) is -2.58. The smallest absolute Gasteiger partial charge is 0.387 e. The largest absolute Gasteiger partial charge is 0.504 e. The Balaban J connectivity index is 2.08. The van der Waals surface area contributed by atoms with Gasteiger partial charge < -0.3 is 19.9 Å². The summed E-state index contributed by atoms with van der Waals surface area (Å²) in [5, 5.41) is 12.7. The minimum Gasteiger partial charge on any atom is -0.504 e. The van der Waals surface area contributed by atoms with Crippen LogP contribution in [0.5, 0.6) is 17.2 Å². The Kier molecular flexibility index (Phi) is 4.81. The molecular weight excluding hydrogens is 280 g/mol. The molecule has 0 spiro atoms. The zero-order valence-corrected chi connectivity index (χ0v) is 11.3. The van der Waals surface area contributed by atoms with Crippen LogP contribution in [0.1, 0.15) is 5.56 Å². The van der Waals surface area contributed by atoms with E-state index >= 15 is 0 Å². The van der Waals surface area contributed by atoms with E-state index in [0.29, 0.717) is 17.0 Å². The lowest BCUT2D eigenvalue weighted by atomic mass is 10.2. The first-order valence-electron chi connectivity index (χ1n) is 6.23. The number of benzene rings is 2. The highest BCUT2D eigenvalue weighted by Gasteiger charge is 2.09. The fourth-order valence-electron chi connectivity index (χ4n) is 1.86. The highest BCUT2D eigenvalue weighted by atomic mass is 19.3. The van der Waals surface area contributed by atoms with Crippen molar-refractivity contribution in [2.75, 3.05) is 12.4 Å². The van der Waals surface area contributed by atoms with Crippen LogP contribution in [0.15, 0.2) is 42.5 Å². The predicted octanol–water partition coefficient (Wildman–Crippen LogP) is 3.61. The van der Waals surface area contributed by atoms with Crippen LogP contribution in [0.4, 0.5) is 14.5 Å². The topological polar surface area (TPSA) is 50.7 Å². The molecule has 21 heavy (non-hydrogen) atoms. The van der Waals surface area contributed by atoms with Gasteiger partial charge in [-0.1, -0.05) is 18.2 Å². The van der Waals surface area contributed by atoms with Crippen molar-refractivity contribution in [3.8, 4) is 17.2 Å². The van der Waals surface area contributed by atoms with E-state index in [1.165, 1.54) is 19.2 Å². The van der Waals surface area contributed by atoms with Crippen LogP contribution in [-0.4, -0.2) is 18.8 Å². The summed E-state index contributed by atoms with van der Waals surface area (Å²) >= 11 is 0. The molecule has 2 aromatic carbocycles. The molecular formula is C15H15F2NO3. The van der Waals surface area contributed by atoms with Gasteiger partial charge in [0, 0.05) is 23.9 Å². The number of ether oxygens (including phenoxy) is 2. The number of methoxy groups -OCH3 is 1. The second kappa shape index (κ2) is 6.78. The van der Waals surface area contributed by atoms with E-state index in [4.69, 9.17) is 4.74 Å². The zero-order valence-electron chi connectivity index (χ0n) is 11.3. The maximum atomic E-state index is 12.3. The van der Waals surface area contributed by atoms with Gasteiger partial charge in [0.2, 0.25) is 0 Å². The Morgan fingerprint density at radius 2 is 1.90 bits per heavy atom. The van der Waals surface area contributed by atoms with E-state index in [0.717, 1.165) is 0 Å². The fourth-order valence-corrected chi connectivity index (χ4v) is 1.86. The standard InChI is InChI=1S/C15H15F2NO3/c1-20-14-7-6-11(8-12(14)19)18-9-10-4-2-3-5-13(10)21-15(16)17/h2-8,15,18-19H,9H2,1H3. The number of alkyl halides is 2. The lowest BCUT2D eigenvalue weighted by molar-refractivity contribution is -0.0504. The van der Waals surface area contributed by atoms with Crippen molar-refractivity contribution < 1.29 is 23.4 Å². The quantitative estimate of drug-likeness (QED) is 0.854. The second-order valence-electron chi connectivity index (χ2n) is 4.23. The van der Waals surface area contributed by atoms with E-state index in [1.54, 1.807) is 30.3 Å². The highest BCUT2D eigenvalue weighted by Crippen LogP contribution is 2.29. The summed E-state index contributed by atoms with van der Waals surface area (Å²) in [6, 6.07) is 11.4. The Hall–Kier alpha value is -2.50. The van der Waals surface area contributed by atoms with Crippen LogP contribution in [0.25, 0.3) is 0 Å². The van der Waals surface area contributed by atoms with Crippen LogP contribution in [0.3, 0.4) is 0 Å². The van der Waals surface area contributed by atoms with E-state index in [9.17, 15) is 13.9 Å². The molecule has 6 heteroatoms. The van der Waals surface area contributed by atoms with Gasteiger partial charge in [-0.25, -0.2) is 0 Å². The first kappa shape index (κ1) is 14.9. The molecule has 2 rings (SSSR count). The minimum absolute atomic E-state index is 0.000356. The van der Waals surface area contributed by atoms with Crippen molar-refractivity contribution in [1.29, 1.82) is 0 Å². The maximum Gasteiger partial charge on any atom is 0.387 e. The third-order valence-corrected chi connectivity index (χ3v) is 2.85. The summed E-state index contributed by atoms with van der Waals surface area (Å²) < 4.78 is 34.0. The molecule has 0 fully saturated rings. The third kappa shape index (κ3) is 3.98. The molecule has 4 nitrogen and oxygen atoms in total. The molecule has 0 unspecified atom stereocenters. The van der Waals surface area contributed by atoms with E-state index in [-0.39, 0.29) is 18.0 Å². The number of halogens is 2. The Labute approximate surface area is 120 Å². The van der Waals surface area contributed by atoms with Gasteiger partial charge in [-0.2, -0.15) is 8.78 Å². The Bertz CT molecular complexity index is 605. The summed E-state index contributed by atoms with van der Waals surface area (Å²) in [7, 11) is 1.46. The first-order valence-corrected chi connectivity index (χ1v) is 6.23. The van der Waals surface area contributed by atoms with E-state index in [2.05, 4.69) is 10.1 Å². The number of phenolic OH excluding ortho intramolecular Hbond substituents is 1. The number of hydrogen-bond donors (Lipinski definition) is 2. The molecule has 0 saturated heterocycles. The van der Waals surface area contributed by atoms with Gasteiger partial charge in [-0.3, -0.25) is 0 Å². The highest BCUT2D eigenvalue weighted by molar-refractivity contribution is 5.54. The molecule has 2 N–H and O–H groups in total. The maximum absolute atomic E-state index is 12.3. The normalized spacial score (nSPS) is 10.5. The molecule has 0 aliphatic heterocycles. The number of phenols is 1. The molecule has 0 amide bonds.